The van der Waals surface area contributed by atoms with Gasteiger partial charge in [-0.1, -0.05) is 31.5 Å². The van der Waals surface area contributed by atoms with Crippen molar-refractivity contribution in [1.29, 1.82) is 0 Å². The first-order valence-electron chi connectivity index (χ1n) is 4.34. The average molecular weight is 162 g/mol. The summed E-state index contributed by atoms with van der Waals surface area (Å²) in [6.07, 6.45) is 2.08. The van der Waals surface area contributed by atoms with E-state index in [0.29, 0.717) is 0 Å². The molecule has 0 N–H and O–H groups in total. The zero-order valence-electron chi connectivity index (χ0n) is 7.63. The molecule has 1 aromatic carbocycles. The minimum Gasteiger partial charge on any atom is -0.290 e. The van der Waals surface area contributed by atoms with Gasteiger partial charge in [-0.25, -0.2) is 0 Å². The minimum absolute atomic E-state index is 0.142. The van der Waals surface area contributed by atoms with Crippen LogP contribution in [0.4, 0.5) is 0 Å². The molecule has 0 atom stereocenters. The van der Waals surface area contributed by atoms with E-state index in [1.54, 1.807) is 6.07 Å². The molecule has 1 aromatic rings. The lowest BCUT2D eigenvalue weighted by Gasteiger charge is -1.90. The summed E-state index contributed by atoms with van der Waals surface area (Å²) in [5, 5.41) is 0. The van der Waals surface area contributed by atoms with Crippen LogP contribution in [0.5, 0.6) is 0 Å². The van der Waals surface area contributed by atoms with Crippen LogP contribution in [0.15, 0.2) is 29.1 Å². The fourth-order valence-corrected chi connectivity index (χ4v) is 1.17. The van der Waals surface area contributed by atoms with Gasteiger partial charge in [-0.05, 0) is 30.5 Å². The number of hydrogen-bond donors (Lipinski definition) is 0. The Hall–Kier alpha value is -1.11. The second kappa shape index (κ2) is 4.05. The molecule has 1 nitrogen and oxygen atoms in total. The van der Waals surface area contributed by atoms with Crippen molar-refractivity contribution in [2.24, 2.45) is 0 Å². The van der Waals surface area contributed by atoms with Gasteiger partial charge in [0.05, 0.1) is 0 Å². The van der Waals surface area contributed by atoms with Gasteiger partial charge >= 0.3 is 0 Å². The normalized spacial score (nSPS) is 9.83. The Morgan fingerprint density at radius 2 is 2.08 bits per heavy atom. The van der Waals surface area contributed by atoms with E-state index >= 15 is 0 Å². The molecule has 0 bridgehead atoms. The molecule has 0 saturated heterocycles. The molecule has 0 radical (unpaired) electrons. The highest BCUT2D eigenvalue weighted by atomic mass is 16.1. The molecule has 0 saturated carbocycles. The van der Waals surface area contributed by atoms with E-state index in [0.717, 1.165) is 24.0 Å². The SMILES string of the molecule is CCCc1cccc(C)c(=O)c1. The summed E-state index contributed by atoms with van der Waals surface area (Å²) in [6.45, 7) is 3.96. The highest BCUT2D eigenvalue weighted by molar-refractivity contribution is 5.19. The highest BCUT2D eigenvalue weighted by Gasteiger charge is 1.92. The molecule has 0 spiro atoms. The first kappa shape index (κ1) is 8.98. The topological polar surface area (TPSA) is 17.1 Å². The van der Waals surface area contributed by atoms with E-state index < -0.39 is 0 Å². The molecule has 1 rings (SSSR count). The van der Waals surface area contributed by atoms with Crippen molar-refractivity contribution < 1.29 is 0 Å². The third kappa shape index (κ3) is 2.19. The van der Waals surface area contributed by atoms with Crippen molar-refractivity contribution in [1.82, 2.24) is 0 Å². The molecule has 0 aromatic heterocycles. The van der Waals surface area contributed by atoms with E-state index in [4.69, 9.17) is 0 Å². The summed E-state index contributed by atoms with van der Waals surface area (Å²) in [5.74, 6) is 0. The fraction of sp³-hybridized carbons (Fsp3) is 0.364. The summed E-state index contributed by atoms with van der Waals surface area (Å²) in [5.41, 5.74) is 2.09. The van der Waals surface area contributed by atoms with Crippen LogP contribution in [0.2, 0.25) is 0 Å². The van der Waals surface area contributed by atoms with Crippen LogP contribution in [0.3, 0.4) is 0 Å². The lowest BCUT2D eigenvalue weighted by molar-refractivity contribution is 0.922. The Kier molecular flexibility index (Phi) is 3.03. The summed E-state index contributed by atoms with van der Waals surface area (Å²) < 4.78 is 0. The zero-order chi connectivity index (χ0) is 8.97. The maximum absolute atomic E-state index is 11.3. The van der Waals surface area contributed by atoms with Crippen LogP contribution >= 0.6 is 0 Å². The van der Waals surface area contributed by atoms with Crippen molar-refractivity contribution in [2.45, 2.75) is 26.7 Å². The van der Waals surface area contributed by atoms with Gasteiger partial charge in [0.2, 0.25) is 0 Å². The Morgan fingerprint density at radius 3 is 2.75 bits per heavy atom. The second-order valence-electron chi connectivity index (χ2n) is 3.04. The number of rotatable bonds is 2. The fourth-order valence-electron chi connectivity index (χ4n) is 1.17. The number of hydrogen-bond acceptors (Lipinski definition) is 1. The zero-order valence-corrected chi connectivity index (χ0v) is 7.63. The van der Waals surface area contributed by atoms with Gasteiger partial charge < -0.3 is 0 Å². The van der Waals surface area contributed by atoms with Crippen molar-refractivity contribution in [3.63, 3.8) is 0 Å². The summed E-state index contributed by atoms with van der Waals surface area (Å²) in [7, 11) is 0. The third-order valence-corrected chi connectivity index (χ3v) is 1.90. The van der Waals surface area contributed by atoms with Crippen LogP contribution in [0, 0.1) is 6.92 Å². The summed E-state index contributed by atoms with van der Waals surface area (Å²) in [6, 6.07) is 7.56. The molecule has 64 valence electrons. The maximum atomic E-state index is 11.3. The van der Waals surface area contributed by atoms with Gasteiger partial charge in [0.1, 0.15) is 0 Å². The average Bonchev–Trinajstić information content (AvgIpc) is 2.16. The molecule has 0 heterocycles. The predicted molar refractivity (Wildman–Crippen MR) is 51.4 cm³/mol. The van der Waals surface area contributed by atoms with E-state index in [1.807, 2.05) is 25.1 Å². The first-order valence-corrected chi connectivity index (χ1v) is 4.34. The standard InChI is InChI=1S/C11H14O/c1-3-5-10-7-4-6-9(2)11(12)8-10/h4,6-8H,3,5H2,1-2H3. The van der Waals surface area contributed by atoms with Crippen LogP contribution in [0.25, 0.3) is 0 Å². The van der Waals surface area contributed by atoms with E-state index in [1.165, 1.54) is 0 Å². The van der Waals surface area contributed by atoms with E-state index in [9.17, 15) is 4.79 Å². The van der Waals surface area contributed by atoms with Gasteiger partial charge in [0.15, 0.2) is 5.43 Å². The van der Waals surface area contributed by atoms with Crippen molar-refractivity contribution in [2.75, 3.05) is 0 Å². The van der Waals surface area contributed by atoms with E-state index in [2.05, 4.69) is 6.92 Å². The Balaban J connectivity index is 3.13. The number of aryl methyl sites for hydroxylation is 2. The molecule has 0 amide bonds. The van der Waals surface area contributed by atoms with E-state index in [-0.39, 0.29) is 5.43 Å². The first-order chi connectivity index (χ1) is 5.74. The molecule has 0 unspecified atom stereocenters. The van der Waals surface area contributed by atoms with Gasteiger partial charge in [0.25, 0.3) is 0 Å². The van der Waals surface area contributed by atoms with Crippen LogP contribution in [-0.2, 0) is 6.42 Å². The lowest BCUT2D eigenvalue weighted by Crippen LogP contribution is -1.99. The smallest absolute Gasteiger partial charge is 0.181 e. The monoisotopic (exact) mass is 162 g/mol. The molecule has 12 heavy (non-hydrogen) atoms. The molecule has 0 fully saturated rings. The van der Waals surface area contributed by atoms with Crippen molar-refractivity contribution in [3.8, 4) is 0 Å². The van der Waals surface area contributed by atoms with Gasteiger partial charge in [-0.3, -0.25) is 4.79 Å². The van der Waals surface area contributed by atoms with Gasteiger partial charge in [-0.15, -0.1) is 0 Å². The Bertz CT molecular complexity index is 315. The molecule has 0 aliphatic heterocycles. The lowest BCUT2D eigenvalue weighted by atomic mass is 10.2. The summed E-state index contributed by atoms with van der Waals surface area (Å²) in [4.78, 5) is 11.3. The molecule has 0 aliphatic rings. The van der Waals surface area contributed by atoms with Crippen LogP contribution < -0.4 is 5.43 Å². The van der Waals surface area contributed by atoms with Crippen LogP contribution in [0.1, 0.15) is 24.5 Å². The van der Waals surface area contributed by atoms with Gasteiger partial charge in [0, 0.05) is 0 Å². The van der Waals surface area contributed by atoms with Crippen LogP contribution in [-0.4, -0.2) is 0 Å². The summed E-state index contributed by atoms with van der Waals surface area (Å²) >= 11 is 0. The largest absolute Gasteiger partial charge is 0.290 e. The molecular weight excluding hydrogens is 148 g/mol. The molecule has 0 aliphatic carbocycles. The minimum atomic E-state index is 0.142. The Morgan fingerprint density at radius 1 is 1.33 bits per heavy atom. The second-order valence-corrected chi connectivity index (χ2v) is 3.04. The van der Waals surface area contributed by atoms with Crippen molar-refractivity contribution in [3.05, 3.63) is 45.6 Å². The van der Waals surface area contributed by atoms with Crippen molar-refractivity contribution >= 4 is 0 Å². The van der Waals surface area contributed by atoms with Gasteiger partial charge in [-0.2, -0.15) is 0 Å². The quantitative estimate of drug-likeness (QED) is 0.652. The molecular formula is C11H14O. The maximum Gasteiger partial charge on any atom is 0.181 e. The Labute approximate surface area is 73.1 Å². The highest BCUT2D eigenvalue weighted by Crippen LogP contribution is 1.99. The third-order valence-electron chi connectivity index (χ3n) is 1.90. The molecule has 1 heteroatoms. The predicted octanol–water partition coefficient (Wildman–Crippen LogP) is 2.31.